The van der Waals surface area contributed by atoms with Crippen molar-refractivity contribution in [3.05, 3.63) is 22.8 Å². The lowest BCUT2D eigenvalue weighted by Gasteiger charge is -2.26. The second-order valence-corrected chi connectivity index (χ2v) is 7.18. The molecule has 6 nitrogen and oxygen atoms in total. The van der Waals surface area contributed by atoms with Crippen molar-refractivity contribution in [1.29, 1.82) is 0 Å². The number of thiazole rings is 1. The number of nitrogens with two attached hydrogens (primary N) is 1. The molecular formula is C14H19N5OS. The first kappa shape index (κ1) is 13.2. The summed E-state index contributed by atoms with van der Waals surface area (Å²) in [6.45, 7) is 0.752. The van der Waals surface area contributed by atoms with E-state index in [-0.39, 0.29) is 5.54 Å². The molecule has 21 heavy (non-hydrogen) atoms. The number of nitrogen functional groups attached to an aromatic ring is 1. The van der Waals surface area contributed by atoms with Gasteiger partial charge in [-0.3, -0.25) is 5.32 Å². The molecule has 0 bridgehead atoms. The van der Waals surface area contributed by atoms with Crippen LogP contribution in [0, 0.1) is 0 Å². The van der Waals surface area contributed by atoms with Gasteiger partial charge >= 0.3 is 0 Å². The number of nitrogens with one attached hydrogen (secondary N) is 1. The third-order valence-electron chi connectivity index (χ3n) is 4.43. The van der Waals surface area contributed by atoms with Gasteiger partial charge in [-0.2, -0.15) is 4.98 Å². The summed E-state index contributed by atoms with van der Waals surface area (Å²) in [6, 6.07) is 0. The van der Waals surface area contributed by atoms with Crippen LogP contribution in [0.2, 0.25) is 0 Å². The molecule has 0 unspecified atom stereocenters. The monoisotopic (exact) mass is 305 g/mol. The number of aromatic nitrogens is 3. The first-order valence-electron chi connectivity index (χ1n) is 7.54. The van der Waals surface area contributed by atoms with E-state index >= 15 is 0 Å². The summed E-state index contributed by atoms with van der Waals surface area (Å²) >= 11 is 1.53. The van der Waals surface area contributed by atoms with Crippen LogP contribution in [0.3, 0.4) is 0 Å². The molecule has 2 fully saturated rings. The fourth-order valence-corrected chi connectivity index (χ4v) is 3.67. The standard InChI is InChI=1S/C14H19N5OS/c15-13-16-7-10(21-13)8-17-14(5-1-2-6-14)12-18-11(20-19-12)9-3-4-9/h7,9,17H,1-6,8H2,(H2,15,16). The van der Waals surface area contributed by atoms with Crippen molar-refractivity contribution in [2.45, 2.75) is 56.5 Å². The van der Waals surface area contributed by atoms with Crippen LogP contribution < -0.4 is 11.1 Å². The van der Waals surface area contributed by atoms with Gasteiger partial charge in [-0.15, -0.1) is 11.3 Å². The summed E-state index contributed by atoms with van der Waals surface area (Å²) in [5.74, 6) is 2.16. The summed E-state index contributed by atoms with van der Waals surface area (Å²) in [5.41, 5.74) is 5.55. The van der Waals surface area contributed by atoms with E-state index in [1.165, 1.54) is 37.0 Å². The normalized spacial score (nSPS) is 21.0. The smallest absolute Gasteiger partial charge is 0.229 e. The van der Waals surface area contributed by atoms with Crippen molar-refractivity contribution in [1.82, 2.24) is 20.4 Å². The van der Waals surface area contributed by atoms with E-state index in [2.05, 4.69) is 20.4 Å². The average Bonchev–Trinajstić information content (AvgIpc) is 2.94. The Balaban J connectivity index is 1.53. The van der Waals surface area contributed by atoms with Crippen LogP contribution in [-0.2, 0) is 12.1 Å². The van der Waals surface area contributed by atoms with E-state index in [1.807, 2.05) is 6.20 Å². The quantitative estimate of drug-likeness (QED) is 0.882. The molecule has 2 aromatic rings. The Kier molecular flexibility index (Phi) is 3.19. The molecule has 2 aliphatic rings. The lowest BCUT2D eigenvalue weighted by molar-refractivity contribution is 0.297. The zero-order valence-electron chi connectivity index (χ0n) is 11.8. The Morgan fingerprint density at radius 2 is 2.19 bits per heavy atom. The maximum atomic E-state index is 5.69. The molecule has 112 valence electrons. The average molecular weight is 305 g/mol. The highest BCUT2D eigenvalue weighted by Gasteiger charge is 2.41. The first-order valence-corrected chi connectivity index (χ1v) is 8.36. The Morgan fingerprint density at radius 1 is 1.38 bits per heavy atom. The largest absolute Gasteiger partial charge is 0.375 e. The van der Waals surface area contributed by atoms with Gasteiger partial charge in [-0.1, -0.05) is 18.0 Å². The summed E-state index contributed by atoms with van der Waals surface area (Å²) < 4.78 is 5.45. The number of hydrogen-bond acceptors (Lipinski definition) is 7. The molecular weight excluding hydrogens is 286 g/mol. The van der Waals surface area contributed by atoms with Gasteiger partial charge in [-0.25, -0.2) is 4.98 Å². The van der Waals surface area contributed by atoms with Crippen molar-refractivity contribution < 1.29 is 4.52 Å². The summed E-state index contributed by atoms with van der Waals surface area (Å²) in [5, 5.41) is 8.52. The maximum absolute atomic E-state index is 5.69. The van der Waals surface area contributed by atoms with E-state index in [4.69, 9.17) is 10.3 Å². The molecule has 0 amide bonds. The lowest BCUT2D eigenvalue weighted by atomic mass is 9.96. The second-order valence-electron chi connectivity index (χ2n) is 6.04. The third-order valence-corrected chi connectivity index (χ3v) is 5.25. The lowest BCUT2D eigenvalue weighted by Crippen LogP contribution is -2.40. The van der Waals surface area contributed by atoms with Crippen molar-refractivity contribution in [3.8, 4) is 0 Å². The van der Waals surface area contributed by atoms with Crippen LogP contribution in [-0.4, -0.2) is 15.1 Å². The molecule has 2 aliphatic carbocycles. The first-order chi connectivity index (χ1) is 10.3. The van der Waals surface area contributed by atoms with Crippen molar-refractivity contribution >= 4 is 16.5 Å². The molecule has 2 heterocycles. The fraction of sp³-hybridized carbons (Fsp3) is 0.643. The zero-order valence-corrected chi connectivity index (χ0v) is 12.7. The van der Waals surface area contributed by atoms with E-state index in [0.717, 1.165) is 36.0 Å². The van der Waals surface area contributed by atoms with Crippen LogP contribution in [0.1, 0.15) is 61.0 Å². The van der Waals surface area contributed by atoms with Crippen molar-refractivity contribution in [2.24, 2.45) is 0 Å². The maximum Gasteiger partial charge on any atom is 0.229 e. The van der Waals surface area contributed by atoms with Gasteiger partial charge in [0.25, 0.3) is 0 Å². The van der Waals surface area contributed by atoms with Crippen LogP contribution in [0.4, 0.5) is 5.13 Å². The van der Waals surface area contributed by atoms with Crippen LogP contribution >= 0.6 is 11.3 Å². The predicted octanol–water partition coefficient (Wildman–Crippen LogP) is 2.54. The van der Waals surface area contributed by atoms with E-state index < -0.39 is 0 Å². The molecule has 0 radical (unpaired) electrons. The SMILES string of the molecule is Nc1ncc(CNC2(c3noc(C4CC4)n3)CCCC2)s1. The van der Waals surface area contributed by atoms with E-state index in [9.17, 15) is 0 Å². The van der Waals surface area contributed by atoms with Crippen LogP contribution in [0.15, 0.2) is 10.7 Å². The van der Waals surface area contributed by atoms with Crippen LogP contribution in [0.5, 0.6) is 0 Å². The van der Waals surface area contributed by atoms with E-state index in [1.54, 1.807) is 0 Å². The summed E-state index contributed by atoms with van der Waals surface area (Å²) in [6.07, 6.45) is 8.72. The molecule has 7 heteroatoms. The molecule has 3 N–H and O–H groups in total. The van der Waals surface area contributed by atoms with Crippen molar-refractivity contribution in [2.75, 3.05) is 5.73 Å². The molecule has 2 saturated carbocycles. The second kappa shape index (κ2) is 5.06. The highest BCUT2D eigenvalue weighted by atomic mass is 32.1. The zero-order chi connectivity index (χ0) is 14.3. The molecule has 0 aliphatic heterocycles. The molecule has 0 aromatic carbocycles. The Hall–Kier alpha value is -1.47. The Labute approximate surface area is 127 Å². The summed E-state index contributed by atoms with van der Waals surface area (Å²) in [7, 11) is 0. The molecule has 0 saturated heterocycles. The van der Waals surface area contributed by atoms with Gasteiger partial charge in [0.15, 0.2) is 11.0 Å². The topological polar surface area (TPSA) is 89.9 Å². The van der Waals surface area contributed by atoms with E-state index in [0.29, 0.717) is 11.0 Å². The minimum absolute atomic E-state index is 0.143. The van der Waals surface area contributed by atoms with Gasteiger partial charge in [-0.05, 0) is 25.7 Å². The third kappa shape index (κ3) is 2.55. The number of rotatable bonds is 5. The number of anilines is 1. The van der Waals surface area contributed by atoms with Gasteiger partial charge in [0.2, 0.25) is 5.89 Å². The minimum atomic E-state index is -0.143. The Morgan fingerprint density at radius 3 is 2.86 bits per heavy atom. The molecule has 4 rings (SSSR count). The summed E-state index contributed by atoms with van der Waals surface area (Å²) in [4.78, 5) is 9.91. The van der Waals surface area contributed by atoms with Crippen LogP contribution in [0.25, 0.3) is 0 Å². The van der Waals surface area contributed by atoms with Gasteiger partial charge in [0.1, 0.15) is 0 Å². The minimum Gasteiger partial charge on any atom is -0.375 e. The van der Waals surface area contributed by atoms with Gasteiger partial charge in [0, 0.05) is 23.5 Å². The highest BCUT2D eigenvalue weighted by molar-refractivity contribution is 7.15. The van der Waals surface area contributed by atoms with Gasteiger partial charge < -0.3 is 10.3 Å². The Bertz CT molecular complexity index is 627. The number of nitrogens with zero attached hydrogens (tertiary/aromatic N) is 3. The molecule has 0 atom stereocenters. The van der Waals surface area contributed by atoms with Gasteiger partial charge in [0.05, 0.1) is 5.54 Å². The predicted molar refractivity (Wildman–Crippen MR) is 79.8 cm³/mol. The molecule has 2 aromatic heterocycles. The fourth-order valence-electron chi connectivity index (χ4n) is 3.04. The highest BCUT2D eigenvalue weighted by Crippen LogP contribution is 2.42. The van der Waals surface area contributed by atoms with Crippen molar-refractivity contribution in [3.63, 3.8) is 0 Å². The number of hydrogen-bond donors (Lipinski definition) is 2. The molecule has 0 spiro atoms.